The third kappa shape index (κ3) is 5.97. The molecule has 1 fully saturated rings. The fraction of sp³-hybridized carbons (Fsp3) is 0.419. The number of amides is 2. The summed E-state index contributed by atoms with van der Waals surface area (Å²) >= 11 is 1.82. The molecule has 0 bridgehead atoms. The topological polar surface area (TPSA) is 43.9 Å². The number of rotatable bonds is 7. The van der Waals surface area contributed by atoms with E-state index >= 15 is 0 Å². The third-order valence-electron chi connectivity index (χ3n) is 7.68. The van der Waals surface area contributed by atoms with Gasteiger partial charge in [-0.05, 0) is 66.0 Å². The van der Waals surface area contributed by atoms with Crippen molar-refractivity contribution in [3.63, 3.8) is 0 Å². The monoisotopic (exact) mass is 515 g/mol. The smallest absolute Gasteiger partial charge is 0.253 e. The lowest BCUT2D eigenvalue weighted by molar-refractivity contribution is -0.132. The Hall–Kier alpha value is -2.96. The van der Waals surface area contributed by atoms with Gasteiger partial charge in [-0.2, -0.15) is 0 Å². The molecule has 6 heteroatoms. The summed E-state index contributed by atoms with van der Waals surface area (Å²) in [5.74, 6) is 0.232. The van der Waals surface area contributed by atoms with Gasteiger partial charge in [0.25, 0.3) is 5.91 Å². The highest BCUT2D eigenvalue weighted by Gasteiger charge is 2.32. The number of fused-ring (bicyclic) bond motifs is 1. The van der Waals surface area contributed by atoms with Crippen molar-refractivity contribution in [3.05, 3.63) is 93.2 Å². The molecule has 2 aliphatic heterocycles. The highest BCUT2D eigenvalue weighted by Crippen LogP contribution is 2.37. The van der Waals surface area contributed by atoms with Crippen molar-refractivity contribution in [1.29, 1.82) is 0 Å². The number of hydrogen-bond donors (Lipinski definition) is 0. The number of nitrogens with zero attached hydrogens (tertiary/aromatic N) is 3. The van der Waals surface area contributed by atoms with Gasteiger partial charge >= 0.3 is 0 Å². The van der Waals surface area contributed by atoms with E-state index in [1.165, 1.54) is 34.4 Å². The molecule has 194 valence electrons. The summed E-state index contributed by atoms with van der Waals surface area (Å²) in [6.45, 7) is 6.04. The molecule has 3 aromatic rings. The summed E-state index contributed by atoms with van der Waals surface area (Å²) in [5, 5.41) is 2.17. The largest absolute Gasteiger partial charge is 0.340 e. The molecule has 1 aromatic heterocycles. The Balaban J connectivity index is 1.21. The zero-order chi connectivity index (χ0) is 25.6. The van der Waals surface area contributed by atoms with Crippen LogP contribution in [0.25, 0.3) is 0 Å². The molecule has 1 saturated heterocycles. The van der Waals surface area contributed by atoms with E-state index in [9.17, 15) is 9.59 Å². The molecule has 0 saturated carbocycles. The first kappa shape index (κ1) is 25.7. The van der Waals surface area contributed by atoms with Crippen LogP contribution in [-0.2, 0) is 17.6 Å². The van der Waals surface area contributed by atoms with Crippen LogP contribution in [0.5, 0.6) is 0 Å². The van der Waals surface area contributed by atoms with Crippen molar-refractivity contribution in [1.82, 2.24) is 14.7 Å². The van der Waals surface area contributed by atoms with Crippen molar-refractivity contribution in [2.24, 2.45) is 0 Å². The van der Waals surface area contributed by atoms with Crippen LogP contribution in [0, 0.1) is 0 Å². The highest BCUT2D eigenvalue weighted by molar-refractivity contribution is 7.10. The quantitative estimate of drug-likeness (QED) is 0.422. The second kappa shape index (κ2) is 12.1. The Labute approximate surface area is 224 Å². The molecule has 0 aliphatic carbocycles. The lowest BCUT2D eigenvalue weighted by Crippen LogP contribution is -2.45. The van der Waals surface area contributed by atoms with Crippen molar-refractivity contribution in [2.75, 3.05) is 39.3 Å². The first-order chi connectivity index (χ1) is 18.1. The van der Waals surface area contributed by atoms with Gasteiger partial charge < -0.3 is 9.80 Å². The second-order valence-electron chi connectivity index (χ2n) is 10.2. The standard InChI is InChI=1S/C31H37N3O2S/c1-2-3-8-24-11-13-26(14-12-24)31(36)33-18-7-17-32(20-21-33)29(35)23-34-19-15-28-27(16-22-37-28)30(34)25-9-5-4-6-10-25/h4-6,9-14,16,22,30H,2-3,7-8,15,17-21,23H2,1H3/t30-/m1/s1. The Bertz CT molecular complexity index is 1190. The molecular formula is C31H37N3O2S. The first-order valence-corrected chi connectivity index (χ1v) is 14.5. The average Bonchev–Trinajstić information content (AvgIpc) is 3.27. The minimum Gasteiger partial charge on any atom is -0.340 e. The Morgan fingerprint density at radius 1 is 0.892 bits per heavy atom. The fourth-order valence-electron chi connectivity index (χ4n) is 5.59. The summed E-state index contributed by atoms with van der Waals surface area (Å²) in [6.07, 6.45) is 5.19. The van der Waals surface area contributed by atoms with E-state index in [1.54, 1.807) is 0 Å². The van der Waals surface area contributed by atoms with Crippen molar-refractivity contribution < 1.29 is 9.59 Å². The normalized spacial score (nSPS) is 18.4. The Morgan fingerprint density at radius 2 is 1.65 bits per heavy atom. The van der Waals surface area contributed by atoms with E-state index in [0.717, 1.165) is 31.4 Å². The van der Waals surface area contributed by atoms with Crippen LogP contribution >= 0.6 is 11.3 Å². The van der Waals surface area contributed by atoms with Crippen molar-refractivity contribution >= 4 is 23.2 Å². The molecule has 5 rings (SSSR count). The zero-order valence-corrected chi connectivity index (χ0v) is 22.6. The van der Waals surface area contributed by atoms with E-state index in [0.29, 0.717) is 32.7 Å². The maximum absolute atomic E-state index is 13.5. The SMILES string of the molecule is CCCCc1ccc(C(=O)N2CCCN(C(=O)CN3CCc4sccc4[C@H]3c3ccccc3)CC2)cc1. The number of thiophene rings is 1. The minimum atomic E-state index is 0.0708. The molecule has 2 amide bonds. The lowest BCUT2D eigenvalue weighted by Gasteiger charge is -2.37. The Morgan fingerprint density at radius 3 is 2.43 bits per heavy atom. The molecule has 0 spiro atoms. The van der Waals surface area contributed by atoms with Crippen LogP contribution in [0.2, 0.25) is 0 Å². The van der Waals surface area contributed by atoms with Gasteiger partial charge in [-0.25, -0.2) is 0 Å². The number of aryl methyl sites for hydroxylation is 1. The Kier molecular flexibility index (Phi) is 8.37. The van der Waals surface area contributed by atoms with Gasteiger partial charge in [-0.3, -0.25) is 14.5 Å². The van der Waals surface area contributed by atoms with Crippen LogP contribution in [0.15, 0.2) is 66.0 Å². The van der Waals surface area contributed by atoms with Crippen molar-refractivity contribution in [3.8, 4) is 0 Å². The van der Waals surface area contributed by atoms with Gasteiger partial charge in [-0.15, -0.1) is 11.3 Å². The van der Waals surface area contributed by atoms with Crippen LogP contribution in [0.3, 0.4) is 0 Å². The van der Waals surface area contributed by atoms with Gasteiger partial charge in [-0.1, -0.05) is 55.8 Å². The summed E-state index contributed by atoms with van der Waals surface area (Å²) in [7, 11) is 0. The van der Waals surface area contributed by atoms with Gasteiger partial charge in [0.2, 0.25) is 5.91 Å². The predicted octanol–water partition coefficient (Wildman–Crippen LogP) is 5.41. The maximum atomic E-state index is 13.5. The summed E-state index contributed by atoms with van der Waals surface area (Å²) < 4.78 is 0. The minimum absolute atomic E-state index is 0.0708. The summed E-state index contributed by atoms with van der Waals surface area (Å²) in [5.41, 5.74) is 4.60. The van der Waals surface area contributed by atoms with Gasteiger partial charge in [0.1, 0.15) is 0 Å². The average molecular weight is 516 g/mol. The van der Waals surface area contributed by atoms with Crippen LogP contribution in [-0.4, -0.2) is 65.8 Å². The molecule has 2 aromatic carbocycles. The van der Waals surface area contributed by atoms with E-state index in [1.807, 2.05) is 39.3 Å². The molecule has 0 radical (unpaired) electrons. The number of hydrogen-bond acceptors (Lipinski definition) is 4. The molecule has 0 N–H and O–H groups in total. The number of benzene rings is 2. The summed E-state index contributed by atoms with van der Waals surface area (Å²) in [4.78, 5) is 34.3. The zero-order valence-electron chi connectivity index (χ0n) is 21.8. The molecule has 37 heavy (non-hydrogen) atoms. The lowest BCUT2D eigenvalue weighted by atomic mass is 9.93. The fourth-order valence-corrected chi connectivity index (χ4v) is 6.49. The van der Waals surface area contributed by atoms with E-state index in [-0.39, 0.29) is 17.9 Å². The van der Waals surface area contributed by atoms with Gasteiger partial charge in [0.15, 0.2) is 0 Å². The molecule has 1 atom stereocenters. The summed E-state index contributed by atoms with van der Waals surface area (Å²) in [6, 6.07) is 21.0. The van der Waals surface area contributed by atoms with Crippen LogP contribution in [0.4, 0.5) is 0 Å². The molecule has 2 aliphatic rings. The van der Waals surface area contributed by atoms with E-state index in [4.69, 9.17) is 0 Å². The number of carbonyl (C=O) groups excluding carboxylic acids is 2. The molecular weight excluding hydrogens is 478 g/mol. The second-order valence-corrected chi connectivity index (χ2v) is 11.2. The van der Waals surface area contributed by atoms with Crippen LogP contribution in [0.1, 0.15) is 64.2 Å². The highest BCUT2D eigenvalue weighted by atomic mass is 32.1. The first-order valence-electron chi connectivity index (χ1n) is 13.7. The maximum Gasteiger partial charge on any atom is 0.253 e. The predicted molar refractivity (Wildman–Crippen MR) is 150 cm³/mol. The molecule has 3 heterocycles. The van der Waals surface area contributed by atoms with Crippen molar-refractivity contribution in [2.45, 2.75) is 45.1 Å². The van der Waals surface area contributed by atoms with Gasteiger partial charge in [0.05, 0.1) is 12.6 Å². The number of carbonyl (C=O) groups is 2. The molecule has 5 nitrogen and oxygen atoms in total. The number of unbranched alkanes of at least 4 members (excludes halogenated alkanes) is 1. The third-order valence-corrected chi connectivity index (χ3v) is 8.67. The van der Waals surface area contributed by atoms with Gasteiger partial charge in [0, 0.05) is 43.2 Å². The van der Waals surface area contributed by atoms with E-state index in [2.05, 4.69) is 59.7 Å². The van der Waals surface area contributed by atoms with E-state index < -0.39 is 0 Å². The molecule has 0 unspecified atom stereocenters. The van der Waals surface area contributed by atoms with Crippen LogP contribution < -0.4 is 0 Å².